The van der Waals surface area contributed by atoms with E-state index in [-0.39, 0.29) is 0 Å². The molecule has 0 saturated carbocycles. The van der Waals surface area contributed by atoms with Gasteiger partial charge in [0.05, 0.1) is 5.69 Å². The van der Waals surface area contributed by atoms with Gasteiger partial charge in [0.15, 0.2) is 0 Å². The zero-order valence-electron chi connectivity index (χ0n) is 14.1. The van der Waals surface area contributed by atoms with E-state index in [0.29, 0.717) is 0 Å². The van der Waals surface area contributed by atoms with E-state index < -0.39 is 0 Å². The molecule has 4 heterocycles. The van der Waals surface area contributed by atoms with Gasteiger partial charge < -0.3 is 0 Å². The van der Waals surface area contributed by atoms with E-state index in [1.807, 2.05) is 31.5 Å². The lowest BCUT2D eigenvalue weighted by Gasteiger charge is -2.07. The second-order valence-corrected chi connectivity index (χ2v) is 6.60. The first kappa shape index (κ1) is 14.3. The average Bonchev–Trinajstić information content (AvgIpc) is 3.22. The third-order valence-corrected chi connectivity index (χ3v) is 4.90. The Kier molecular flexibility index (Phi) is 3.17. The Balaban J connectivity index is 1.76. The van der Waals surface area contributed by atoms with Crippen molar-refractivity contribution in [1.82, 2.24) is 19.7 Å². The lowest BCUT2D eigenvalue weighted by molar-refractivity contribution is 0.658. The highest BCUT2D eigenvalue weighted by atomic mass is 15.3. The number of aromatic nitrogens is 4. The second-order valence-electron chi connectivity index (χ2n) is 6.60. The van der Waals surface area contributed by atoms with Crippen molar-refractivity contribution < 1.29 is 0 Å². The van der Waals surface area contributed by atoms with Gasteiger partial charge in [-0.2, -0.15) is 5.10 Å². The molecule has 4 nitrogen and oxygen atoms in total. The minimum absolute atomic E-state index is 0.947. The van der Waals surface area contributed by atoms with Crippen LogP contribution in [0.5, 0.6) is 0 Å². The van der Waals surface area contributed by atoms with Crippen LogP contribution in [0, 0.1) is 6.92 Å². The van der Waals surface area contributed by atoms with E-state index in [2.05, 4.69) is 40.0 Å². The van der Waals surface area contributed by atoms with E-state index in [9.17, 15) is 0 Å². The van der Waals surface area contributed by atoms with E-state index in [0.717, 1.165) is 41.9 Å². The molecule has 0 saturated heterocycles. The van der Waals surface area contributed by atoms with Crippen LogP contribution in [-0.2, 0) is 13.0 Å². The highest BCUT2D eigenvalue weighted by Gasteiger charge is 2.24. The van der Waals surface area contributed by atoms with Crippen LogP contribution in [0.1, 0.15) is 17.8 Å². The SMILES string of the molecule is Cc1cccc(-c2nn3c(c2-c2ccc4ccncc4c2)CCC3)n1. The highest BCUT2D eigenvalue weighted by molar-refractivity contribution is 5.90. The quantitative estimate of drug-likeness (QED) is 0.548. The van der Waals surface area contributed by atoms with Crippen LogP contribution in [0.4, 0.5) is 0 Å². The zero-order valence-corrected chi connectivity index (χ0v) is 14.1. The fourth-order valence-corrected chi connectivity index (χ4v) is 3.73. The fourth-order valence-electron chi connectivity index (χ4n) is 3.73. The van der Waals surface area contributed by atoms with Gasteiger partial charge in [0.25, 0.3) is 0 Å². The van der Waals surface area contributed by atoms with Gasteiger partial charge in [-0.05, 0) is 55.0 Å². The molecule has 0 amide bonds. The molecule has 0 spiro atoms. The summed E-state index contributed by atoms with van der Waals surface area (Å²) in [6.45, 7) is 3.01. The van der Waals surface area contributed by atoms with Crippen LogP contribution in [0.25, 0.3) is 33.3 Å². The molecular formula is C21H18N4. The van der Waals surface area contributed by atoms with Crippen molar-refractivity contribution in [3.05, 3.63) is 66.2 Å². The summed E-state index contributed by atoms with van der Waals surface area (Å²) in [4.78, 5) is 8.98. The van der Waals surface area contributed by atoms with Crippen molar-refractivity contribution in [2.45, 2.75) is 26.3 Å². The van der Waals surface area contributed by atoms with Gasteiger partial charge in [-0.3, -0.25) is 14.6 Å². The van der Waals surface area contributed by atoms with E-state index in [4.69, 9.17) is 10.1 Å². The smallest absolute Gasteiger partial charge is 0.119 e. The second kappa shape index (κ2) is 5.52. The lowest BCUT2D eigenvalue weighted by Crippen LogP contribution is -1.95. The van der Waals surface area contributed by atoms with Gasteiger partial charge in [-0.25, -0.2) is 0 Å². The van der Waals surface area contributed by atoms with Crippen molar-refractivity contribution >= 4 is 10.8 Å². The molecule has 1 aliphatic rings. The van der Waals surface area contributed by atoms with Gasteiger partial charge in [0.2, 0.25) is 0 Å². The summed E-state index contributed by atoms with van der Waals surface area (Å²) >= 11 is 0. The van der Waals surface area contributed by atoms with Crippen LogP contribution in [0.3, 0.4) is 0 Å². The Bertz CT molecular complexity index is 1090. The predicted molar refractivity (Wildman–Crippen MR) is 99.3 cm³/mol. The first-order chi connectivity index (χ1) is 12.3. The first-order valence-corrected chi connectivity index (χ1v) is 8.67. The van der Waals surface area contributed by atoms with Gasteiger partial charge in [0.1, 0.15) is 5.69 Å². The number of hydrogen-bond acceptors (Lipinski definition) is 3. The summed E-state index contributed by atoms with van der Waals surface area (Å²) in [5, 5.41) is 7.26. The highest BCUT2D eigenvalue weighted by Crippen LogP contribution is 2.37. The topological polar surface area (TPSA) is 43.6 Å². The summed E-state index contributed by atoms with van der Waals surface area (Å²) in [6, 6.07) is 14.8. The van der Waals surface area contributed by atoms with E-state index >= 15 is 0 Å². The maximum Gasteiger partial charge on any atom is 0.119 e. The van der Waals surface area contributed by atoms with Crippen LogP contribution in [0.15, 0.2) is 54.9 Å². The molecule has 0 radical (unpaired) electrons. The summed E-state index contributed by atoms with van der Waals surface area (Å²) in [6.07, 6.45) is 5.99. The van der Waals surface area contributed by atoms with Gasteiger partial charge >= 0.3 is 0 Å². The molecule has 0 atom stereocenters. The Morgan fingerprint density at radius 3 is 2.92 bits per heavy atom. The van der Waals surface area contributed by atoms with E-state index in [1.54, 1.807) is 0 Å². The molecule has 0 unspecified atom stereocenters. The average molecular weight is 326 g/mol. The number of nitrogens with zero attached hydrogens (tertiary/aromatic N) is 4. The number of aryl methyl sites for hydroxylation is 2. The van der Waals surface area contributed by atoms with Crippen molar-refractivity contribution in [2.24, 2.45) is 0 Å². The van der Waals surface area contributed by atoms with Gasteiger partial charge in [-0.15, -0.1) is 0 Å². The Labute approximate surface area is 146 Å². The van der Waals surface area contributed by atoms with Crippen LogP contribution in [-0.4, -0.2) is 19.7 Å². The number of benzene rings is 1. The Hall–Kier alpha value is -3.01. The molecule has 122 valence electrons. The maximum atomic E-state index is 4.90. The number of pyridine rings is 2. The predicted octanol–water partition coefficient (Wildman–Crippen LogP) is 4.41. The standard InChI is InChI=1S/C21H18N4/c1-14-4-2-5-18(23-14)21-20(19-6-3-11-25(19)24-21)16-8-7-15-9-10-22-13-17(15)12-16/h2,4-5,7-10,12-13H,3,6,11H2,1H3. The van der Waals surface area contributed by atoms with Crippen molar-refractivity contribution in [3.8, 4) is 22.5 Å². The van der Waals surface area contributed by atoms with Crippen molar-refractivity contribution in [3.63, 3.8) is 0 Å². The van der Waals surface area contributed by atoms with Crippen molar-refractivity contribution in [2.75, 3.05) is 0 Å². The lowest BCUT2D eigenvalue weighted by atomic mass is 9.97. The monoisotopic (exact) mass is 326 g/mol. The van der Waals surface area contributed by atoms with Gasteiger partial charge in [0, 0.05) is 41.3 Å². The van der Waals surface area contributed by atoms with Crippen LogP contribution >= 0.6 is 0 Å². The van der Waals surface area contributed by atoms with Gasteiger partial charge in [-0.1, -0.05) is 18.2 Å². The number of rotatable bonds is 2. The molecule has 1 aromatic carbocycles. The third kappa shape index (κ3) is 2.33. The minimum Gasteiger partial charge on any atom is -0.268 e. The largest absolute Gasteiger partial charge is 0.268 e. The number of fused-ring (bicyclic) bond motifs is 2. The normalized spacial score (nSPS) is 13.3. The molecule has 3 aromatic heterocycles. The molecule has 0 aliphatic carbocycles. The molecule has 0 N–H and O–H groups in total. The fraction of sp³-hybridized carbons (Fsp3) is 0.190. The maximum absolute atomic E-state index is 4.90. The van der Waals surface area contributed by atoms with Crippen LogP contribution < -0.4 is 0 Å². The molecule has 25 heavy (non-hydrogen) atoms. The van der Waals surface area contributed by atoms with Crippen molar-refractivity contribution in [1.29, 1.82) is 0 Å². The molecular weight excluding hydrogens is 308 g/mol. The molecule has 4 aromatic rings. The summed E-state index contributed by atoms with van der Waals surface area (Å²) in [7, 11) is 0. The minimum atomic E-state index is 0.947. The Morgan fingerprint density at radius 1 is 1.04 bits per heavy atom. The molecule has 0 fully saturated rings. The summed E-state index contributed by atoms with van der Waals surface area (Å²) < 4.78 is 2.15. The van der Waals surface area contributed by atoms with E-state index in [1.165, 1.54) is 22.2 Å². The zero-order chi connectivity index (χ0) is 16.8. The molecule has 5 rings (SSSR count). The molecule has 0 bridgehead atoms. The molecule has 1 aliphatic heterocycles. The third-order valence-electron chi connectivity index (χ3n) is 4.90. The summed E-state index contributed by atoms with van der Waals surface area (Å²) in [5.41, 5.74) is 6.69. The van der Waals surface area contributed by atoms with Crippen LogP contribution in [0.2, 0.25) is 0 Å². The Morgan fingerprint density at radius 2 is 2.00 bits per heavy atom. The summed E-state index contributed by atoms with van der Waals surface area (Å²) in [5.74, 6) is 0. The first-order valence-electron chi connectivity index (χ1n) is 8.67. The number of hydrogen-bond donors (Lipinski definition) is 0. The molecule has 4 heteroatoms.